The monoisotopic (exact) mass is 878 g/mol. The van der Waals surface area contributed by atoms with Gasteiger partial charge in [-0.3, -0.25) is 0 Å². The lowest BCUT2D eigenvalue weighted by Gasteiger charge is -2.19. The average Bonchev–Trinajstić information content (AvgIpc) is 3.85. The molecule has 0 amide bonds. The van der Waals surface area contributed by atoms with Crippen LogP contribution in [0, 0.1) is 27.7 Å². The van der Waals surface area contributed by atoms with Crippen LogP contribution in [0.1, 0.15) is 77.5 Å². The molecule has 334 valence electrons. The highest BCUT2D eigenvalue weighted by Crippen LogP contribution is 2.35. The molecule has 0 unspecified atom stereocenters. The van der Waals surface area contributed by atoms with E-state index in [0.717, 1.165) is 12.2 Å². The second-order valence-corrected chi connectivity index (χ2v) is 14.6. The molecule has 2 heterocycles. The van der Waals surface area contributed by atoms with Gasteiger partial charge in [0.25, 0.3) is 0 Å². The maximum Gasteiger partial charge on any atom is 0.343 e. The van der Waals surface area contributed by atoms with Gasteiger partial charge < -0.3 is 47.4 Å². The number of rotatable bonds is 16. The summed E-state index contributed by atoms with van der Waals surface area (Å²) in [5.74, 6) is -3.18. The lowest BCUT2D eigenvalue weighted by atomic mass is 10.0. The Morgan fingerprint density at radius 3 is 1.27 bits per heavy atom. The predicted molar refractivity (Wildman–Crippen MR) is 227 cm³/mol. The van der Waals surface area contributed by atoms with Crippen molar-refractivity contribution < 1.29 is 76.1 Å². The molecule has 2 aliphatic rings. The lowest BCUT2D eigenvalue weighted by molar-refractivity contribution is -0.129. The molecule has 4 atom stereocenters. The molecule has 2 saturated heterocycles. The minimum Gasteiger partial charge on any atom is -0.493 e. The second kappa shape index (κ2) is 20.3. The molecule has 0 saturated carbocycles. The maximum atomic E-state index is 13.5. The summed E-state index contributed by atoms with van der Waals surface area (Å²) in [5.41, 5.74) is 2.65. The van der Waals surface area contributed by atoms with E-state index in [9.17, 15) is 28.8 Å². The first kappa shape index (κ1) is 46.2. The van der Waals surface area contributed by atoms with Gasteiger partial charge in [0.1, 0.15) is 57.8 Å². The third-order valence-electron chi connectivity index (χ3n) is 10.1. The largest absolute Gasteiger partial charge is 0.493 e. The van der Waals surface area contributed by atoms with E-state index in [1.54, 1.807) is 65.8 Å². The van der Waals surface area contributed by atoms with Gasteiger partial charge in [-0.1, -0.05) is 13.2 Å². The van der Waals surface area contributed by atoms with Crippen molar-refractivity contribution in [3.8, 4) is 34.5 Å². The lowest BCUT2D eigenvalue weighted by Crippen LogP contribution is -2.36. The van der Waals surface area contributed by atoms with Gasteiger partial charge in [-0.2, -0.15) is 0 Å². The molecule has 4 aromatic carbocycles. The molecule has 0 spiro atoms. The predicted octanol–water partition coefficient (Wildman–Crippen LogP) is 6.89. The van der Waals surface area contributed by atoms with Crippen molar-refractivity contribution in [1.29, 1.82) is 0 Å². The average molecular weight is 879 g/mol. The van der Waals surface area contributed by atoms with Crippen LogP contribution >= 0.6 is 0 Å². The summed E-state index contributed by atoms with van der Waals surface area (Å²) in [4.78, 5) is 76.9. The van der Waals surface area contributed by atoms with E-state index < -0.39 is 60.2 Å². The zero-order valence-electron chi connectivity index (χ0n) is 36.0. The molecule has 6 rings (SSSR count). The van der Waals surface area contributed by atoms with Crippen LogP contribution in [0.5, 0.6) is 34.5 Å². The fourth-order valence-electron chi connectivity index (χ4n) is 6.92. The zero-order chi connectivity index (χ0) is 46.2. The molecule has 0 aromatic heterocycles. The van der Waals surface area contributed by atoms with Crippen LogP contribution in [0.4, 0.5) is 0 Å². The quantitative estimate of drug-likeness (QED) is 0.0641. The Kier molecular flexibility index (Phi) is 14.6. The highest BCUT2D eigenvalue weighted by atomic mass is 16.7. The normalized spacial score (nSPS) is 17.3. The minimum absolute atomic E-state index is 0.0505. The molecule has 2 aliphatic heterocycles. The number of esters is 6. The first-order chi connectivity index (χ1) is 30.6. The Balaban J connectivity index is 1.07. The Morgan fingerprint density at radius 2 is 0.906 bits per heavy atom. The Bertz CT molecular complexity index is 2350. The molecule has 16 nitrogen and oxygen atoms in total. The fourth-order valence-corrected chi connectivity index (χ4v) is 6.92. The van der Waals surface area contributed by atoms with E-state index in [4.69, 9.17) is 47.4 Å². The molecule has 0 aliphatic carbocycles. The van der Waals surface area contributed by atoms with Crippen molar-refractivity contribution >= 4 is 35.8 Å². The number of fused-ring (bicyclic) bond motifs is 1. The minimum atomic E-state index is -0.869. The van der Waals surface area contributed by atoms with Crippen LogP contribution in [-0.2, 0) is 28.5 Å². The van der Waals surface area contributed by atoms with Crippen molar-refractivity contribution in [2.45, 2.75) is 66.0 Å². The highest BCUT2D eigenvalue weighted by molar-refractivity contribution is 5.96. The van der Waals surface area contributed by atoms with Crippen LogP contribution in [0.25, 0.3) is 0 Å². The fraction of sp³-hybridized carbons (Fsp3) is 0.292. The Morgan fingerprint density at radius 1 is 0.516 bits per heavy atom. The van der Waals surface area contributed by atoms with Crippen molar-refractivity contribution in [3.63, 3.8) is 0 Å². The number of ether oxygens (including phenoxy) is 10. The SMILES string of the molecule is C=CC(=O)Oc1cc(C)c(C(=O)Oc2ccc(C(=O)O[C@@H]3CO[C@H]4[C@@H]3OC[C@H]4OC(=O)c3ccc(OC(=O)c4cc(C)c(OC(=O)C=C)cc4C)cc3OCC)c(OCC)c2)cc1C. The van der Waals surface area contributed by atoms with Gasteiger partial charge in [-0.05, 0) is 112 Å². The van der Waals surface area contributed by atoms with Gasteiger partial charge >= 0.3 is 35.8 Å². The number of hydrogen-bond donors (Lipinski definition) is 0. The number of hydrogen-bond acceptors (Lipinski definition) is 16. The van der Waals surface area contributed by atoms with Crippen LogP contribution in [0.2, 0.25) is 0 Å². The summed E-state index contributed by atoms with van der Waals surface area (Å²) in [7, 11) is 0. The van der Waals surface area contributed by atoms with Gasteiger partial charge in [0, 0.05) is 24.3 Å². The molecular weight excluding hydrogens is 833 g/mol. The molecule has 2 fully saturated rings. The van der Waals surface area contributed by atoms with Gasteiger partial charge in [0.05, 0.1) is 37.6 Å². The zero-order valence-corrected chi connectivity index (χ0v) is 36.0. The second-order valence-electron chi connectivity index (χ2n) is 14.6. The van der Waals surface area contributed by atoms with Crippen LogP contribution in [-0.4, -0.2) is 86.7 Å². The number of benzene rings is 4. The standard InChI is InChI=1S/C48H46O16/c1-9-41(49)61-35-19-25(5)33(17-27(35)7)47(53)59-29-13-15-31(37(21-29)55-11-3)45(51)63-39-23-57-44-40(24-58-43(39)44)64-46(52)32-16-14-30(22-38(32)56-12-4)60-48(54)34-18-28(8)36(20-26(34)6)62-42(50)10-2/h9-10,13-22,39-40,43-44H,1-2,11-12,23-24H2,3-8H3/t39-,40-,43-,44-/m1/s1. The summed E-state index contributed by atoms with van der Waals surface area (Å²) < 4.78 is 56.7. The summed E-state index contributed by atoms with van der Waals surface area (Å²) in [5, 5.41) is 0. The first-order valence-corrected chi connectivity index (χ1v) is 20.2. The van der Waals surface area contributed by atoms with E-state index in [1.165, 1.54) is 36.4 Å². The van der Waals surface area contributed by atoms with E-state index in [-0.39, 0.29) is 83.2 Å². The third-order valence-corrected chi connectivity index (χ3v) is 10.1. The van der Waals surface area contributed by atoms with Crippen LogP contribution in [0.15, 0.2) is 86.0 Å². The van der Waals surface area contributed by atoms with E-state index in [1.807, 2.05) is 0 Å². The maximum absolute atomic E-state index is 13.5. The topological polar surface area (TPSA) is 195 Å². The van der Waals surface area contributed by atoms with Gasteiger partial charge in [-0.15, -0.1) is 0 Å². The molecule has 0 bridgehead atoms. The molecule has 4 aromatic rings. The van der Waals surface area contributed by atoms with Crippen molar-refractivity contribution in [1.82, 2.24) is 0 Å². The molecular formula is C48H46O16. The van der Waals surface area contributed by atoms with Crippen molar-refractivity contribution in [2.75, 3.05) is 26.4 Å². The Labute approximate surface area is 368 Å². The van der Waals surface area contributed by atoms with Gasteiger partial charge in [0.2, 0.25) is 0 Å². The summed E-state index contributed by atoms with van der Waals surface area (Å²) in [6.45, 7) is 17.2. The molecule has 0 radical (unpaired) electrons. The van der Waals surface area contributed by atoms with E-state index in [0.29, 0.717) is 22.3 Å². The number of carbonyl (C=O) groups excluding carboxylic acids is 6. The van der Waals surface area contributed by atoms with Crippen molar-refractivity contribution in [2.24, 2.45) is 0 Å². The summed E-state index contributed by atoms with van der Waals surface area (Å²) in [6.07, 6.45) is -1.19. The molecule has 0 N–H and O–H groups in total. The third kappa shape index (κ3) is 10.5. The number of carbonyl (C=O) groups is 6. The van der Waals surface area contributed by atoms with Crippen LogP contribution in [0.3, 0.4) is 0 Å². The first-order valence-electron chi connectivity index (χ1n) is 20.2. The van der Waals surface area contributed by atoms with E-state index >= 15 is 0 Å². The summed E-state index contributed by atoms with van der Waals surface area (Å²) >= 11 is 0. The molecule has 16 heteroatoms. The van der Waals surface area contributed by atoms with E-state index in [2.05, 4.69) is 13.2 Å². The molecule has 64 heavy (non-hydrogen) atoms. The summed E-state index contributed by atoms with van der Waals surface area (Å²) in [6, 6.07) is 14.7. The number of aryl methyl sites for hydroxylation is 4. The highest BCUT2D eigenvalue weighted by Gasteiger charge is 2.51. The van der Waals surface area contributed by atoms with Crippen LogP contribution < -0.4 is 28.4 Å². The Hall–Kier alpha value is -7.30. The van der Waals surface area contributed by atoms with Gasteiger partial charge in [-0.25, -0.2) is 28.8 Å². The van der Waals surface area contributed by atoms with Crippen molar-refractivity contribution in [3.05, 3.63) is 130 Å². The van der Waals surface area contributed by atoms with Gasteiger partial charge in [0.15, 0.2) is 12.2 Å². The smallest absolute Gasteiger partial charge is 0.343 e.